The van der Waals surface area contributed by atoms with E-state index in [9.17, 15) is 4.79 Å². The highest BCUT2D eigenvalue weighted by Crippen LogP contribution is 2.33. The van der Waals surface area contributed by atoms with E-state index in [1.807, 2.05) is 16.5 Å². The molecule has 0 atom stereocenters. The van der Waals surface area contributed by atoms with Crippen molar-refractivity contribution in [2.45, 2.75) is 6.42 Å². The maximum atomic E-state index is 12.7. The summed E-state index contributed by atoms with van der Waals surface area (Å²) in [6.07, 6.45) is 2.76. The molecule has 0 radical (unpaired) electrons. The lowest BCUT2D eigenvalue weighted by atomic mass is 10.1. The number of hydrogen-bond acceptors (Lipinski definition) is 6. The molecule has 0 aliphatic carbocycles. The van der Waals surface area contributed by atoms with E-state index in [4.69, 9.17) is 9.47 Å². The van der Waals surface area contributed by atoms with E-state index in [2.05, 4.69) is 9.88 Å². The van der Waals surface area contributed by atoms with E-state index in [1.54, 1.807) is 29.5 Å². The molecule has 0 saturated carbocycles. The second-order valence-electron chi connectivity index (χ2n) is 5.52. The van der Waals surface area contributed by atoms with Crippen LogP contribution in [0, 0.1) is 0 Å². The smallest absolute Gasteiger partial charge is 0.254 e. The summed E-state index contributed by atoms with van der Waals surface area (Å²) in [6, 6.07) is 5.38. The number of thiazole rings is 1. The molecule has 120 valence electrons. The number of rotatable bonds is 2. The van der Waals surface area contributed by atoms with Gasteiger partial charge < -0.3 is 19.3 Å². The Hall–Kier alpha value is -2.28. The highest BCUT2D eigenvalue weighted by Gasteiger charge is 2.23. The number of hydrogen-bond donors (Lipinski definition) is 0. The Labute approximate surface area is 138 Å². The standard InChI is InChI=1S/C16H17N3O3S/c20-15(12-2-3-13-14(10-12)22-11-21-13)18-5-1-6-19(8-7-18)16-17-4-9-23-16/h2-4,9-10H,1,5-8,11H2. The molecular weight excluding hydrogens is 314 g/mol. The molecule has 1 amide bonds. The van der Waals surface area contributed by atoms with Gasteiger partial charge in [0, 0.05) is 43.3 Å². The number of anilines is 1. The number of carbonyl (C=O) groups excluding carboxylic acids is 1. The van der Waals surface area contributed by atoms with Crippen LogP contribution in [-0.4, -0.2) is 48.8 Å². The number of aromatic nitrogens is 1. The zero-order chi connectivity index (χ0) is 15.6. The van der Waals surface area contributed by atoms with Crippen LogP contribution in [0.25, 0.3) is 0 Å². The molecule has 2 aliphatic heterocycles. The summed E-state index contributed by atoms with van der Waals surface area (Å²) in [5.41, 5.74) is 0.650. The normalized spacial score (nSPS) is 17.2. The van der Waals surface area contributed by atoms with E-state index in [-0.39, 0.29) is 12.7 Å². The molecule has 1 fully saturated rings. The van der Waals surface area contributed by atoms with Crippen molar-refractivity contribution in [2.24, 2.45) is 0 Å². The lowest BCUT2D eigenvalue weighted by Crippen LogP contribution is -2.35. The Kier molecular flexibility index (Phi) is 3.78. The summed E-state index contributed by atoms with van der Waals surface area (Å²) >= 11 is 1.64. The Morgan fingerprint density at radius 1 is 1.13 bits per heavy atom. The summed E-state index contributed by atoms with van der Waals surface area (Å²) in [7, 11) is 0. The highest BCUT2D eigenvalue weighted by molar-refractivity contribution is 7.13. The third-order valence-electron chi connectivity index (χ3n) is 4.09. The van der Waals surface area contributed by atoms with Crippen LogP contribution < -0.4 is 14.4 Å². The first-order valence-corrected chi connectivity index (χ1v) is 8.52. The van der Waals surface area contributed by atoms with Gasteiger partial charge in [-0.3, -0.25) is 4.79 Å². The van der Waals surface area contributed by atoms with Gasteiger partial charge >= 0.3 is 0 Å². The van der Waals surface area contributed by atoms with Gasteiger partial charge in [0.25, 0.3) is 5.91 Å². The number of carbonyl (C=O) groups is 1. The number of nitrogens with zero attached hydrogens (tertiary/aromatic N) is 3. The second kappa shape index (κ2) is 6.08. The monoisotopic (exact) mass is 331 g/mol. The van der Waals surface area contributed by atoms with Crippen molar-refractivity contribution >= 4 is 22.4 Å². The van der Waals surface area contributed by atoms with Crippen LogP contribution in [0.1, 0.15) is 16.8 Å². The molecule has 3 heterocycles. The van der Waals surface area contributed by atoms with Crippen LogP contribution in [0.4, 0.5) is 5.13 Å². The van der Waals surface area contributed by atoms with Gasteiger partial charge in [-0.25, -0.2) is 4.98 Å². The summed E-state index contributed by atoms with van der Waals surface area (Å²) in [5, 5.41) is 3.01. The SMILES string of the molecule is O=C(c1ccc2c(c1)OCO2)N1CCCN(c2nccs2)CC1. The van der Waals surface area contributed by atoms with Crippen LogP contribution in [0.3, 0.4) is 0 Å². The quantitative estimate of drug-likeness (QED) is 0.845. The minimum Gasteiger partial charge on any atom is -0.454 e. The molecule has 1 aromatic heterocycles. The number of amides is 1. The Bertz CT molecular complexity index is 705. The van der Waals surface area contributed by atoms with Gasteiger partial charge in [-0.1, -0.05) is 0 Å². The van der Waals surface area contributed by atoms with Gasteiger partial charge in [0.05, 0.1) is 0 Å². The number of benzene rings is 1. The Morgan fingerprint density at radius 3 is 2.91 bits per heavy atom. The molecule has 4 rings (SSSR count). The predicted molar refractivity (Wildman–Crippen MR) is 87.4 cm³/mol. The van der Waals surface area contributed by atoms with Crippen LogP contribution in [0.15, 0.2) is 29.8 Å². The first-order valence-electron chi connectivity index (χ1n) is 7.64. The minimum absolute atomic E-state index is 0.0456. The van der Waals surface area contributed by atoms with Gasteiger partial charge in [0.1, 0.15) is 0 Å². The van der Waals surface area contributed by atoms with E-state index >= 15 is 0 Å². The van der Waals surface area contributed by atoms with Crippen molar-refractivity contribution in [3.8, 4) is 11.5 Å². The van der Waals surface area contributed by atoms with Crippen molar-refractivity contribution in [2.75, 3.05) is 37.9 Å². The molecule has 0 N–H and O–H groups in total. The van der Waals surface area contributed by atoms with Gasteiger partial charge in [0.15, 0.2) is 16.6 Å². The molecule has 0 bridgehead atoms. The largest absolute Gasteiger partial charge is 0.454 e. The fourth-order valence-corrected chi connectivity index (χ4v) is 3.59. The summed E-state index contributed by atoms with van der Waals surface area (Å²) < 4.78 is 10.7. The van der Waals surface area contributed by atoms with Crippen molar-refractivity contribution in [1.82, 2.24) is 9.88 Å². The Balaban J connectivity index is 1.46. The fraction of sp³-hybridized carbons (Fsp3) is 0.375. The first-order chi connectivity index (χ1) is 11.3. The lowest BCUT2D eigenvalue weighted by Gasteiger charge is -2.21. The number of ether oxygens (including phenoxy) is 2. The third-order valence-corrected chi connectivity index (χ3v) is 4.92. The fourth-order valence-electron chi connectivity index (χ4n) is 2.90. The molecular formula is C16H17N3O3S. The molecule has 0 spiro atoms. The summed E-state index contributed by atoms with van der Waals surface area (Å²) in [6.45, 7) is 3.42. The third kappa shape index (κ3) is 2.84. The molecule has 7 heteroatoms. The molecule has 2 aliphatic rings. The average Bonchev–Trinajstić information content (AvgIpc) is 3.21. The lowest BCUT2D eigenvalue weighted by molar-refractivity contribution is 0.0766. The van der Waals surface area contributed by atoms with Gasteiger partial charge in [0.2, 0.25) is 6.79 Å². The van der Waals surface area contributed by atoms with Crippen LogP contribution in [-0.2, 0) is 0 Å². The molecule has 1 aromatic carbocycles. The van der Waals surface area contributed by atoms with Gasteiger partial charge in [-0.15, -0.1) is 11.3 Å². The number of fused-ring (bicyclic) bond motifs is 1. The zero-order valence-electron chi connectivity index (χ0n) is 12.6. The Morgan fingerprint density at radius 2 is 2.04 bits per heavy atom. The van der Waals surface area contributed by atoms with Crippen LogP contribution in [0.5, 0.6) is 11.5 Å². The molecule has 2 aromatic rings. The molecule has 23 heavy (non-hydrogen) atoms. The maximum absolute atomic E-state index is 12.7. The van der Waals surface area contributed by atoms with E-state index < -0.39 is 0 Å². The van der Waals surface area contributed by atoms with E-state index in [0.29, 0.717) is 23.6 Å². The zero-order valence-corrected chi connectivity index (χ0v) is 13.4. The van der Waals surface area contributed by atoms with Crippen molar-refractivity contribution < 1.29 is 14.3 Å². The topological polar surface area (TPSA) is 54.9 Å². The van der Waals surface area contributed by atoms with Crippen molar-refractivity contribution in [3.63, 3.8) is 0 Å². The minimum atomic E-state index is 0.0456. The van der Waals surface area contributed by atoms with E-state index in [1.165, 1.54) is 0 Å². The molecule has 6 nitrogen and oxygen atoms in total. The summed E-state index contributed by atoms with van der Waals surface area (Å²) in [4.78, 5) is 21.3. The van der Waals surface area contributed by atoms with Gasteiger partial charge in [-0.2, -0.15) is 0 Å². The van der Waals surface area contributed by atoms with Crippen LogP contribution >= 0.6 is 11.3 Å². The molecule has 1 saturated heterocycles. The van der Waals surface area contributed by atoms with Crippen molar-refractivity contribution in [1.29, 1.82) is 0 Å². The molecule has 0 unspecified atom stereocenters. The van der Waals surface area contributed by atoms with E-state index in [0.717, 1.165) is 31.2 Å². The second-order valence-corrected chi connectivity index (χ2v) is 6.39. The van der Waals surface area contributed by atoms with Gasteiger partial charge in [-0.05, 0) is 24.6 Å². The highest BCUT2D eigenvalue weighted by atomic mass is 32.1. The summed E-state index contributed by atoms with van der Waals surface area (Å²) in [5.74, 6) is 1.40. The first kappa shape index (κ1) is 14.3. The maximum Gasteiger partial charge on any atom is 0.254 e. The predicted octanol–water partition coefficient (Wildman–Crippen LogP) is 2.22. The van der Waals surface area contributed by atoms with Crippen molar-refractivity contribution in [3.05, 3.63) is 35.3 Å². The van der Waals surface area contributed by atoms with Crippen LogP contribution in [0.2, 0.25) is 0 Å². The average molecular weight is 331 g/mol.